The number of rotatable bonds is 1. The maximum Gasteiger partial charge on any atom is 0.183 e. The van der Waals surface area contributed by atoms with Gasteiger partial charge in [0.1, 0.15) is 0 Å². The Morgan fingerprint density at radius 3 is 3.12 bits per heavy atom. The van der Waals surface area contributed by atoms with Crippen molar-refractivity contribution in [2.45, 2.75) is 0 Å². The molecule has 1 aromatic carbocycles. The van der Waals surface area contributed by atoms with Crippen LogP contribution in [0, 0.1) is 11.5 Å². The first-order chi connectivity index (χ1) is 8.35. The monoisotopic (exact) mass is 242 g/mol. The van der Waals surface area contributed by atoms with Gasteiger partial charge in [0.05, 0.1) is 5.69 Å². The number of aromatic nitrogens is 1. The average molecular weight is 242 g/mol. The predicted molar refractivity (Wildman–Crippen MR) is 71.1 cm³/mol. The van der Waals surface area contributed by atoms with Crippen LogP contribution >= 0.6 is 11.8 Å². The van der Waals surface area contributed by atoms with Gasteiger partial charge in [-0.1, -0.05) is 23.9 Å². The molecule has 0 saturated heterocycles. The van der Waals surface area contributed by atoms with Crippen LogP contribution in [0.15, 0.2) is 41.7 Å². The van der Waals surface area contributed by atoms with Crippen molar-refractivity contribution in [3.05, 3.63) is 36.7 Å². The number of amidine groups is 1. The van der Waals surface area contributed by atoms with Crippen LogP contribution in [0.5, 0.6) is 0 Å². The van der Waals surface area contributed by atoms with E-state index < -0.39 is 0 Å². The van der Waals surface area contributed by atoms with E-state index in [1.165, 1.54) is 11.8 Å². The lowest BCUT2D eigenvalue weighted by atomic mass is 10.1. The summed E-state index contributed by atoms with van der Waals surface area (Å²) in [5.74, 6) is 0. The van der Waals surface area contributed by atoms with Crippen molar-refractivity contribution in [2.24, 2.45) is 4.99 Å². The fourth-order valence-electron chi connectivity index (χ4n) is 1.48. The summed E-state index contributed by atoms with van der Waals surface area (Å²) in [5.41, 5.74) is 0.808. The van der Waals surface area contributed by atoms with Crippen molar-refractivity contribution in [3.63, 3.8) is 0 Å². The quantitative estimate of drug-likeness (QED) is 0.361. The third kappa shape index (κ3) is 2.55. The summed E-state index contributed by atoms with van der Waals surface area (Å²) in [5, 5.41) is 13.8. The van der Waals surface area contributed by atoms with Gasteiger partial charge >= 0.3 is 0 Å². The molecule has 1 aromatic heterocycles. The van der Waals surface area contributed by atoms with Crippen LogP contribution in [0.2, 0.25) is 0 Å². The molecule has 2 rings (SSSR count). The van der Waals surface area contributed by atoms with Crippen LogP contribution in [0.25, 0.3) is 10.8 Å². The highest BCUT2D eigenvalue weighted by molar-refractivity contribution is 8.13. The molecule has 0 bridgehead atoms. The van der Waals surface area contributed by atoms with Crippen molar-refractivity contribution in [3.8, 4) is 6.19 Å². The summed E-state index contributed by atoms with van der Waals surface area (Å²) >= 11 is 1.39. The summed E-state index contributed by atoms with van der Waals surface area (Å²) in [6.45, 7) is 0. The highest BCUT2D eigenvalue weighted by atomic mass is 32.2. The molecule has 0 aliphatic heterocycles. The molecule has 17 heavy (non-hydrogen) atoms. The Bertz CT molecular complexity index is 595. The summed E-state index contributed by atoms with van der Waals surface area (Å²) < 4.78 is 0. The normalized spacial score (nSPS) is 11.2. The van der Waals surface area contributed by atoms with E-state index in [1.54, 1.807) is 12.4 Å². The first-order valence-corrected chi connectivity index (χ1v) is 6.18. The summed E-state index contributed by atoms with van der Waals surface area (Å²) in [4.78, 5) is 8.49. The van der Waals surface area contributed by atoms with E-state index in [4.69, 9.17) is 5.26 Å². The molecule has 1 heterocycles. The molecule has 0 saturated carbocycles. The van der Waals surface area contributed by atoms with Gasteiger partial charge in [-0.3, -0.25) is 10.3 Å². The number of pyridine rings is 1. The topological polar surface area (TPSA) is 61.1 Å². The molecule has 5 heteroatoms. The van der Waals surface area contributed by atoms with Gasteiger partial charge in [0.2, 0.25) is 0 Å². The number of nitrogens with zero attached hydrogens (tertiary/aromatic N) is 3. The molecule has 1 N–H and O–H groups in total. The second kappa shape index (κ2) is 5.32. The van der Waals surface area contributed by atoms with Crippen LogP contribution in [0.3, 0.4) is 0 Å². The van der Waals surface area contributed by atoms with E-state index in [9.17, 15) is 0 Å². The lowest BCUT2D eigenvalue weighted by Crippen LogP contribution is -2.12. The van der Waals surface area contributed by atoms with E-state index in [0.717, 1.165) is 16.5 Å². The molecule has 0 amide bonds. The van der Waals surface area contributed by atoms with Crippen LogP contribution in [-0.4, -0.2) is 16.4 Å². The van der Waals surface area contributed by atoms with E-state index in [-0.39, 0.29) is 0 Å². The Kier molecular flexibility index (Phi) is 3.58. The van der Waals surface area contributed by atoms with Gasteiger partial charge in [-0.05, 0) is 23.8 Å². The Morgan fingerprint density at radius 1 is 1.47 bits per heavy atom. The van der Waals surface area contributed by atoms with E-state index in [1.807, 2.05) is 36.7 Å². The first-order valence-electron chi connectivity index (χ1n) is 4.95. The van der Waals surface area contributed by atoms with Crippen molar-refractivity contribution in [1.82, 2.24) is 10.3 Å². The molecule has 0 radical (unpaired) electrons. The van der Waals surface area contributed by atoms with E-state index >= 15 is 0 Å². The molecule has 0 aliphatic carbocycles. The van der Waals surface area contributed by atoms with Gasteiger partial charge in [0, 0.05) is 17.8 Å². The maximum atomic E-state index is 8.59. The molecule has 2 aromatic rings. The van der Waals surface area contributed by atoms with Crippen LogP contribution in [-0.2, 0) is 0 Å². The molecule has 0 unspecified atom stereocenters. The number of aliphatic imine (C=N–C) groups is 1. The number of nitriles is 1. The number of hydrogen-bond donors (Lipinski definition) is 1. The zero-order valence-corrected chi connectivity index (χ0v) is 10.0. The van der Waals surface area contributed by atoms with Gasteiger partial charge in [-0.2, -0.15) is 5.26 Å². The van der Waals surface area contributed by atoms with E-state index in [2.05, 4.69) is 15.3 Å². The highest BCUT2D eigenvalue weighted by Gasteiger charge is 2.01. The summed E-state index contributed by atoms with van der Waals surface area (Å²) in [6.07, 6.45) is 7.26. The Balaban J connectivity index is 2.52. The second-order valence-corrected chi connectivity index (χ2v) is 4.03. The van der Waals surface area contributed by atoms with E-state index in [0.29, 0.717) is 5.17 Å². The van der Waals surface area contributed by atoms with Crippen molar-refractivity contribution in [1.29, 1.82) is 5.26 Å². The highest BCUT2D eigenvalue weighted by Crippen LogP contribution is 2.25. The molecular weight excluding hydrogens is 232 g/mol. The lowest BCUT2D eigenvalue weighted by Gasteiger charge is -2.03. The molecule has 0 fully saturated rings. The van der Waals surface area contributed by atoms with Gasteiger partial charge in [0.15, 0.2) is 11.4 Å². The zero-order valence-electron chi connectivity index (χ0n) is 9.21. The lowest BCUT2D eigenvalue weighted by molar-refractivity contribution is 1.28. The Labute approximate surface area is 103 Å². The van der Waals surface area contributed by atoms with Gasteiger partial charge < -0.3 is 0 Å². The van der Waals surface area contributed by atoms with Crippen LogP contribution < -0.4 is 5.32 Å². The third-order valence-corrected chi connectivity index (χ3v) is 2.82. The fraction of sp³-hybridized carbons (Fsp3) is 0.0833. The fourth-order valence-corrected chi connectivity index (χ4v) is 1.81. The Morgan fingerprint density at radius 2 is 2.35 bits per heavy atom. The smallest absolute Gasteiger partial charge is 0.183 e. The average Bonchev–Trinajstić information content (AvgIpc) is 2.38. The number of hydrogen-bond acceptors (Lipinski definition) is 4. The molecule has 0 aliphatic rings. The largest absolute Gasteiger partial charge is 0.271 e. The minimum absolute atomic E-state index is 0.573. The second-order valence-electron chi connectivity index (χ2n) is 3.23. The first kappa shape index (κ1) is 11.4. The van der Waals surface area contributed by atoms with Crippen LogP contribution in [0.4, 0.5) is 5.69 Å². The third-order valence-electron chi connectivity index (χ3n) is 2.24. The molecule has 4 nitrogen and oxygen atoms in total. The molecule has 0 spiro atoms. The maximum absolute atomic E-state index is 8.59. The van der Waals surface area contributed by atoms with Gasteiger partial charge in [-0.25, -0.2) is 4.99 Å². The minimum Gasteiger partial charge on any atom is -0.271 e. The summed E-state index contributed by atoms with van der Waals surface area (Å²) in [7, 11) is 0. The van der Waals surface area contributed by atoms with Crippen LogP contribution in [0.1, 0.15) is 0 Å². The SMILES string of the molecule is CSC(=Nc1cccc2ccncc12)NC#N. The predicted octanol–water partition coefficient (Wildman–Crippen LogP) is 2.66. The zero-order chi connectivity index (χ0) is 12.1. The van der Waals surface area contributed by atoms with Crippen molar-refractivity contribution in [2.75, 3.05) is 6.26 Å². The Hall–Kier alpha value is -2.06. The molecule has 0 atom stereocenters. The van der Waals surface area contributed by atoms with Crippen molar-refractivity contribution < 1.29 is 0 Å². The molecular formula is C12H10N4S. The van der Waals surface area contributed by atoms with Gasteiger partial charge in [-0.15, -0.1) is 0 Å². The van der Waals surface area contributed by atoms with Crippen molar-refractivity contribution >= 4 is 33.4 Å². The molecule has 84 valence electrons. The standard InChI is InChI=1S/C12H10N4S/c1-17-12(15-8-13)16-11-4-2-3-9-5-6-14-7-10(9)11/h2-7H,1H3,(H,15,16). The minimum atomic E-state index is 0.573. The van der Waals surface area contributed by atoms with Gasteiger partial charge in [0.25, 0.3) is 0 Å². The number of thioether (sulfide) groups is 1. The number of nitrogens with one attached hydrogen (secondary N) is 1. The summed E-state index contributed by atoms with van der Waals surface area (Å²) in [6, 6.07) is 7.78. The number of benzene rings is 1. The number of fused-ring (bicyclic) bond motifs is 1.